The van der Waals surface area contributed by atoms with Crippen LogP contribution in [0.2, 0.25) is 0 Å². The number of hydrogen-bond acceptors (Lipinski definition) is 7. The predicted molar refractivity (Wildman–Crippen MR) is 90.3 cm³/mol. The van der Waals surface area contributed by atoms with E-state index in [0.717, 1.165) is 22.9 Å². The van der Waals surface area contributed by atoms with Gasteiger partial charge in [0.25, 0.3) is 5.69 Å². The Morgan fingerprint density at radius 2 is 1.96 bits per heavy atom. The van der Waals surface area contributed by atoms with Crippen LogP contribution in [0, 0.1) is 21.4 Å². The van der Waals surface area contributed by atoms with Crippen LogP contribution < -0.4 is 9.47 Å². The lowest BCUT2D eigenvalue weighted by Crippen LogP contribution is -2.37. The molecule has 10 nitrogen and oxygen atoms in total. The number of carboxylic acid groups (broad SMARTS) is 1. The molecule has 0 amide bonds. The van der Waals surface area contributed by atoms with E-state index in [2.05, 4.69) is 0 Å². The molecule has 2 atom stereocenters. The van der Waals surface area contributed by atoms with Gasteiger partial charge in [-0.05, 0) is 18.8 Å². The van der Waals surface area contributed by atoms with Gasteiger partial charge in [0.2, 0.25) is 10.0 Å². The number of hydrogen-bond donors (Lipinski definition) is 1. The summed E-state index contributed by atoms with van der Waals surface area (Å²) in [7, 11) is -4.27. The third-order valence-corrected chi connectivity index (χ3v) is 7.54. The molecule has 1 saturated heterocycles. The highest BCUT2D eigenvalue weighted by molar-refractivity contribution is 7.89. The maximum absolute atomic E-state index is 13.2. The van der Waals surface area contributed by atoms with Crippen molar-refractivity contribution in [3.05, 3.63) is 22.2 Å². The number of aliphatic carboxylic acids is 1. The molecule has 1 aromatic carbocycles. The Bertz CT molecular complexity index is 931. The third kappa shape index (κ3) is 2.64. The first-order valence-electron chi connectivity index (χ1n) is 8.57. The number of nitro groups is 1. The van der Waals surface area contributed by atoms with Crippen molar-refractivity contribution in [1.82, 2.24) is 4.31 Å². The van der Waals surface area contributed by atoms with Crippen molar-refractivity contribution in [1.29, 1.82) is 0 Å². The van der Waals surface area contributed by atoms with Crippen molar-refractivity contribution >= 4 is 21.7 Å². The summed E-state index contributed by atoms with van der Waals surface area (Å²) in [5.74, 6) is -1.06. The van der Waals surface area contributed by atoms with Gasteiger partial charge >= 0.3 is 5.97 Å². The van der Waals surface area contributed by atoms with Crippen molar-refractivity contribution < 1.29 is 32.7 Å². The average Bonchev–Trinajstić information content (AvgIpc) is 3.19. The fourth-order valence-corrected chi connectivity index (χ4v) is 6.03. The zero-order chi connectivity index (χ0) is 19.4. The number of fused-ring (bicyclic) bond motifs is 2. The molecule has 4 rings (SSSR count). The molecule has 2 aliphatic heterocycles. The number of rotatable bonds is 4. The lowest BCUT2D eigenvalue weighted by Gasteiger charge is -2.24. The van der Waals surface area contributed by atoms with E-state index in [-0.39, 0.29) is 43.7 Å². The van der Waals surface area contributed by atoms with E-state index in [1.807, 2.05) is 0 Å². The maximum atomic E-state index is 13.2. The van der Waals surface area contributed by atoms with Gasteiger partial charge in [0, 0.05) is 19.2 Å². The summed E-state index contributed by atoms with van der Waals surface area (Å²) in [5.41, 5.74) is -1.73. The van der Waals surface area contributed by atoms with Crippen LogP contribution in [0.4, 0.5) is 5.69 Å². The molecule has 0 unspecified atom stereocenters. The average molecular weight is 398 g/mol. The van der Waals surface area contributed by atoms with Crippen molar-refractivity contribution in [2.24, 2.45) is 11.3 Å². The van der Waals surface area contributed by atoms with Crippen LogP contribution >= 0.6 is 0 Å². The molecule has 1 aromatic rings. The minimum absolute atomic E-state index is 0.0419. The molecule has 0 radical (unpaired) electrons. The van der Waals surface area contributed by atoms with Crippen molar-refractivity contribution in [2.45, 2.75) is 24.2 Å². The molecule has 0 bridgehead atoms. The Labute approximate surface area is 154 Å². The number of carbonyl (C=O) groups is 1. The Hall–Kier alpha value is -2.40. The van der Waals surface area contributed by atoms with Gasteiger partial charge in [-0.15, -0.1) is 0 Å². The van der Waals surface area contributed by atoms with Crippen LogP contribution in [0.25, 0.3) is 0 Å². The SMILES string of the molecule is O=C(O)[C@@]12CCC[C@H]1CN(S(=O)(=O)c1cc3c(cc1[N+](=O)[O-])OCCO3)C2. The van der Waals surface area contributed by atoms with E-state index in [1.54, 1.807) is 0 Å². The van der Waals surface area contributed by atoms with Gasteiger partial charge in [-0.1, -0.05) is 6.42 Å². The number of sulfonamides is 1. The van der Waals surface area contributed by atoms with Gasteiger partial charge in [0.05, 0.1) is 16.4 Å². The summed E-state index contributed by atoms with van der Waals surface area (Å²) in [6.45, 7) is 0.282. The van der Waals surface area contributed by atoms with Crippen LogP contribution in [-0.2, 0) is 14.8 Å². The molecule has 1 aliphatic carbocycles. The van der Waals surface area contributed by atoms with Gasteiger partial charge in [-0.2, -0.15) is 4.31 Å². The van der Waals surface area contributed by atoms with Crippen LogP contribution in [0.5, 0.6) is 11.5 Å². The molecule has 146 valence electrons. The molecular formula is C16H18N2O8S. The monoisotopic (exact) mass is 398 g/mol. The minimum Gasteiger partial charge on any atom is -0.486 e. The number of ether oxygens (including phenoxy) is 2. The van der Waals surface area contributed by atoms with Crippen LogP contribution in [-0.4, -0.2) is 55.0 Å². The fourth-order valence-electron chi connectivity index (χ4n) is 4.32. The van der Waals surface area contributed by atoms with Crippen LogP contribution in [0.3, 0.4) is 0 Å². The highest BCUT2D eigenvalue weighted by Gasteiger charge is 2.57. The Balaban J connectivity index is 1.77. The fraction of sp³-hybridized carbons (Fsp3) is 0.562. The van der Waals surface area contributed by atoms with Gasteiger partial charge in [0.15, 0.2) is 16.4 Å². The zero-order valence-corrected chi connectivity index (χ0v) is 15.1. The molecule has 3 aliphatic rings. The minimum atomic E-state index is -4.27. The Morgan fingerprint density at radius 3 is 2.56 bits per heavy atom. The number of nitrogens with zero attached hydrogens (tertiary/aromatic N) is 2. The molecule has 1 N–H and O–H groups in total. The van der Waals surface area contributed by atoms with Crippen molar-refractivity contribution in [3.8, 4) is 11.5 Å². The molecule has 11 heteroatoms. The summed E-state index contributed by atoms with van der Waals surface area (Å²) in [6.07, 6.45) is 1.76. The first-order chi connectivity index (χ1) is 12.8. The normalized spacial score (nSPS) is 27.3. The summed E-state index contributed by atoms with van der Waals surface area (Å²) in [5, 5.41) is 21.1. The number of carboxylic acids is 1. The van der Waals surface area contributed by atoms with E-state index in [4.69, 9.17) is 9.47 Å². The lowest BCUT2D eigenvalue weighted by atomic mass is 9.81. The molecule has 2 fully saturated rings. The first kappa shape index (κ1) is 18.0. The Kier molecular flexibility index (Phi) is 4.04. The molecule has 0 aromatic heterocycles. The highest BCUT2D eigenvalue weighted by atomic mass is 32.2. The summed E-state index contributed by atoms with van der Waals surface area (Å²) < 4.78 is 38.1. The van der Waals surface area contributed by atoms with Crippen LogP contribution in [0.15, 0.2) is 17.0 Å². The van der Waals surface area contributed by atoms with E-state index >= 15 is 0 Å². The van der Waals surface area contributed by atoms with E-state index in [1.165, 1.54) is 0 Å². The molecule has 1 saturated carbocycles. The molecule has 2 heterocycles. The van der Waals surface area contributed by atoms with Crippen molar-refractivity contribution in [3.63, 3.8) is 0 Å². The molecule has 0 spiro atoms. The van der Waals surface area contributed by atoms with Crippen molar-refractivity contribution in [2.75, 3.05) is 26.3 Å². The third-order valence-electron chi connectivity index (χ3n) is 5.70. The summed E-state index contributed by atoms with van der Waals surface area (Å²) in [6, 6.07) is 2.15. The Morgan fingerprint density at radius 1 is 1.30 bits per heavy atom. The first-order valence-corrected chi connectivity index (χ1v) is 10.0. The zero-order valence-electron chi connectivity index (χ0n) is 14.3. The second kappa shape index (κ2) is 6.06. The van der Waals surface area contributed by atoms with Gasteiger partial charge in [-0.25, -0.2) is 8.42 Å². The number of benzene rings is 1. The molecule has 27 heavy (non-hydrogen) atoms. The summed E-state index contributed by atoms with van der Waals surface area (Å²) in [4.78, 5) is 22.0. The number of nitro benzene ring substituents is 1. The molecular weight excluding hydrogens is 380 g/mol. The smallest absolute Gasteiger partial charge is 0.311 e. The predicted octanol–water partition coefficient (Wildman–Crippen LogP) is 1.24. The van der Waals surface area contributed by atoms with Crippen LogP contribution in [0.1, 0.15) is 19.3 Å². The second-order valence-corrected chi connectivity index (χ2v) is 8.98. The standard InChI is InChI=1S/C16H18N2O8S/c19-15(20)16-3-1-2-10(16)8-17(9-16)27(23,24)14-7-13-12(25-4-5-26-13)6-11(14)18(21)22/h6-7,10H,1-5,8-9H2,(H,19,20)/t10-,16+/m0/s1. The van der Waals surface area contributed by atoms with Gasteiger partial charge in [0.1, 0.15) is 13.2 Å². The highest BCUT2D eigenvalue weighted by Crippen LogP contribution is 2.51. The quantitative estimate of drug-likeness (QED) is 0.591. The largest absolute Gasteiger partial charge is 0.486 e. The summed E-state index contributed by atoms with van der Waals surface area (Å²) >= 11 is 0. The van der Waals surface area contributed by atoms with Gasteiger partial charge in [-0.3, -0.25) is 14.9 Å². The maximum Gasteiger partial charge on any atom is 0.311 e. The lowest BCUT2D eigenvalue weighted by molar-refractivity contribution is -0.388. The van der Waals surface area contributed by atoms with Gasteiger partial charge < -0.3 is 14.6 Å². The second-order valence-electron chi connectivity index (χ2n) is 7.07. The topological polar surface area (TPSA) is 136 Å². The van der Waals surface area contributed by atoms with E-state index in [9.17, 15) is 28.4 Å². The van der Waals surface area contributed by atoms with E-state index < -0.39 is 36.9 Å². The van der Waals surface area contributed by atoms with E-state index in [0.29, 0.717) is 12.8 Å².